The molecular weight excluding hydrogens is 973 g/mol. The van der Waals surface area contributed by atoms with Crippen molar-refractivity contribution in [2.24, 2.45) is 0 Å². The Kier molecular flexibility index (Phi) is 65.1. The molecule has 0 aromatic carbocycles. The first-order chi connectivity index (χ1) is 39.0. The number of hydrogen-bond acceptors (Lipinski definition) is 6. The van der Waals surface area contributed by atoms with E-state index in [4.69, 9.17) is 14.2 Å². The number of hydrogen-bond donors (Lipinski definition) is 0. The maximum Gasteiger partial charge on any atom is 0.306 e. The van der Waals surface area contributed by atoms with Crippen LogP contribution in [0.3, 0.4) is 0 Å². The van der Waals surface area contributed by atoms with Gasteiger partial charge < -0.3 is 14.2 Å². The molecule has 0 aromatic rings. The number of ether oxygens (including phenoxy) is 3. The molecule has 0 bridgehead atoms. The number of allylic oxidation sites excluding steroid dienone is 10. The van der Waals surface area contributed by atoms with Gasteiger partial charge in [-0.25, -0.2) is 0 Å². The molecule has 6 nitrogen and oxygen atoms in total. The third-order valence-electron chi connectivity index (χ3n) is 15.5. The van der Waals surface area contributed by atoms with Crippen molar-refractivity contribution in [3.63, 3.8) is 0 Å². The number of esters is 3. The molecule has 0 aliphatic heterocycles. The van der Waals surface area contributed by atoms with E-state index >= 15 is 0 Å². The van der Waals surface area contributed by atoms with Gasteiger partial charge in [0.15, 0.2) is 6.10 Å². The van der Waals surface area contributed by atoms with Gasteiger partial charge in [0, 0.05) is 19.3 Å². The minimum Gasteiger partial charge on any atom is -0.462 e. The summed E-state index contributed by atoms with van der Waals surface area (Å²) in [4.78, 5) is 38.5. The maximum atomic E-state index is 13.0. The molecule has 0 spiro atoms. The zero-order valence-corrected chi connectivity index (χ0v) is 52.9. The maximum absolute atomic E-state index is 13.0. The normalized spacial score (nSPS) is 12.4. The lowest BCUT2D eigenvalue weighted by atomic mass is 10.0. The van der Waals surface area contributed by atoms with Crippen LogP contribution in [0.15, 0.2) is 60.8 Å². The van der Waals surface area contributed by atoms with Crippen molar-refractivity contribution in [2.75, 3.05) is 13.2 Å². The van der Waals surface area contributed by atoms with Gasteiger partial charge in [0.25, 0.3) is 0 Å². The molecule has 0 radical (unpaired) electrons. The van der Waals surface area contributed by atoms with Crippen molar-refractivity contribution < 1.29 is 28.6 Å². The van der Waals surface area contributed by atoms with Crippen LogP contribution in [0, 0.1) is 0 Å². The van der Waals surface area contributed by atoms with Crippen LogP contribution in [-0.4, -0.2) is 37.2 Å². The molecule has 0 rings (SSSR count). The summed E-state index contributed by atoms with van der Waals surface area (Å²) in [5, 5.41) is 0. The van der Waals surface area contributed by atoms with Gasteiger partial charge >= 0.3 is 17.9 Å². The van der Waals surface area contributed by atoms with E-state index in [0.29, 0.717) is 19.3 Å². The Labute approximate surface area is 491 Å². The van der Waals surface area contributed by atoms with Gasteiger partial charge in [0.1, 0.15) is 13.2 Å². The summed E-state index contributed by atoms with van der Waals surface area (Å²) in [6, 6.07) is 0. The Balaban J connectivity index is 4.38. The zero-order valence-electron chi connectivity index (χ0n) is 52.9. The fourth-order valence-corrected chi connectivity index (χ4v) is 10.2. The molecule has 0 fully saturated rings. The fourth-order valence-electron chi connectivity index (χ4n) is 10.2. The second kappa shape index (κ2) is 67.6. The number of carbonyl (C=O) groups excluding carboxylic acids is 3. The number of unbranched alkanes of at least 4 members (excludes halogenated alkanes) is 43. The first-order valence-corrected chi connectivity index (χ1v) is 34.8. The predicted octanol–water partition coefficient (Wildman–Crippen LogP) is 23.9. The van der Waals surface area contributed by atoms with Crippen LogP contribution >= 0.6 is 0 Å². The van der Waals surface area contributed by atoms with E-state index in [2.05, 4.69) is 81.5 Å². The van der Waals surface area contributed by atoms with Gasteiger partial charge in [0.05, 0.1) is 0 Å². The highest BCUT2D eigenvalue weighted by Gasteiger charge is 2.19. The molecule has 0 aliphatic carbocycles. The number of rotatable bonds is 64. The topological polar surface area (TPSA) is 78.9 Å². The van der Waals surface area contributed by atoms with Crippen molar-refractivity contribution in [1.29, 1.82) is 0 Å². The average molecular weight is 1110 g/mol. The van der Waals surface area contributed by atoms with Crippen LogP contribution in [0.4, 0.5) is 0 Å². The molecular formula is C73H132O6. The Hall–Kier alpha value is -2.89. The third kappa shape index (κ3) is 65.8. The molecule has 6 heteroatoms. The van der Waals surface area contributed by atoms with Crippen LogP contribution in [0.5, 0.6) is 0 Å². The van der Waals surface area contributed by atoms with Gasteiger partial charge in [-0.2, -0.15) is 0 Å². The summed E-state index contributed by atoms with van der Waals surface area (Å²) < 4.78 is 17.0. The average Bonchev–Trinajstić information content (AvgIpc) is 3.45. The second-order valence-corrected chi connectivity index (χ2v) is 23.4. The largest absolute Gasteiger partial charge is 0.462 e. The SMILES string of the molecule is CCCCCCC/C=C\C/C=C\C/C=C\CCCCCCCCC(=O)OCC(COC(=O)CCCCCCCCCCCCCCCCCCCCC)OC(=O)CCCCCCCCCCC/C=C\C/C=C\CCCCCCC. The standard InChI is InChI=1S/C73H132O6/c1-4-7-10-13-16-19-22-25-28-31-34-36-39-42-45-48-51-54-57-60-63-66-72(75)78-69-70(68-77-71(74)65-62-59-56-53-50-47-44-41-38-33-30-27-24-21-18-15-12-9-6-3)79-73(76)67-64-61-58-55-52-49-46-43-40-37-35-32-29-26-23-20-17-14-11-8-5-2/h22-23,25-26,31-32,34-35,39,42,70H,4-21,24,27-30,33,36-38,40-41,43-69H2,1-3H3/b25-22-,26-23-,34-31-,35-32-,42-39-. The van der Waals surface area contributed by atoms with E-state index in [9.17, 15) is 14.4 Å². The highest BCUT2D eigenvalue weighted by molar-refractivity contribution is 5.71. The molecule has 0 amide bonds. The van der Waals surface area contributed by atoms with Crippen molar-refractivity contribution in [3.8, 4) is 0 Å². The molecule has 460 valence electrons. The van der Waals surface area contributed by atoms with Crippen molar-refractivity contribution >= 4 is 17.9 Å². The van der Waals surface area contributed by atoms with E-state index < -0.39 is 6.10 Å². The molecule has 0 N–H and O–H groups in total. The summed E-state index contributed by atoms with van der Waals surface area (Å²) >= 11 is 0. The first-order valence-electron chi connectivity index (χ1n) is 34.8. The predicted molar refractivity (Wildman–Crippen MR) is 344 cm³/mol. The van der Waals surface area contributed by atoms with Gasteiger partial charge in [-0.15, -0.1) is 0 Å². The molecule has 79 heavy (non-hydrogen) atoms. The van der Waals surface area contributed by atoms with Crippen LogP contribution in [-0.2, 0) is 28.6 Å². The van der Waals surface area contributed by atoms with Crippen molar-refractivity contribution in [3.05, 3.63) is 60.8 Å². The van der Waals surface area contributed by atoms with E-state index in [0.717, 1.165) is 83.5 Å². The lowest BCUT2D eigenvalue weighted by Gasteiger charge is -2.18. The second-order valence-electron chi connectivity index (χ2n) is 23.4. The Morgan fingerprint density at radius 1 is 0.253 bits per heavy atom. The smallest absolute Gasteiger partial charge is 0.306 e. The van der Waals surface area contributed by atoms with Gasteiger partial charge in [-0.1, -0.05) is 319 Å². The summed E-state index contributed by atoms with van der Waals surface area (Å²) in [5.41, 5.74) is 0. The minimum atomic E-state index is -0.783. The molecule has 0 saturated heterocycles. The summed E-state index contributed by atoms with van der Waals surface area (Å²) in [6.45, 7) is 6.67. The summed E-state index contributed by atoms with van der Waals surface area (Å²) in [5.74, 6) is -0.870. The fraction of sp³-hybridized carbons (Fsp3) is 0.822. The molecule has 0 aromatic heterocycles. The van der Waals surface area contributed by atoms with E-state index in [1.54, 1.807) is 0 Å². The zero-order chi connectivity index (χ0) is 57.1. The van der Waals surface area contributed by atoms with Crippen molar-refractivity contribution in [1.82, 2.24) is 0 Å². The van der Waals surface area contributed by atoms with Crippen molar-refractivity contribution in [2.45, 2.75) is 374 Å². The Morgan fingerprint density at radius 3 is 0.709 bits per heavy atom. The highest BCUT2D eigenvalue weighted by Crippen LogP contribution is 2.18. The lowest BCUT2D eigenvalue weighted by molar-refractivity contribution is -0.167. The quantitative estimate of drug-likeness (QED) is 0.0261. The Bertz CT molecular complexity index is 1410. The summed E-state index contributed by atoms with van der Waals surface area (Å²) in [6.07, 6.45) is 86.6. The minimum absolute atomic E-state index is 0.0766. The van der Waals surface area contributed by atoms with Gasteiger partial charge in [-0.3, -0.25) is 14.4 Å². The van der Waals surface area contributed by atoms with E-state index in [1.165, 1.54) is 244 Å². The third-order valence-corrected chi connectivity index (χ3v) is 15.5. The molecule has 0 saturated carbocycles. The van der Waals surface area contributed by atoms with Crippen LogP contribution < -0.4 is 0 Å². The van der Waals surface area contributed by atoms with Gasteiger partial charge in [-0.05, 0) is 89.9 Å². The van der Waals surface area contributed by atoms with Crippen LogP contribution in [0.1, 0.15) is 367 Å². The molecule has 0 heterocycles. The lowest BCUT2D eigenvalue weighted by Crippen LogP contribution is -2.30. The van der Waals surface area contributed by atoms with E-state index in [-0.39, 0.29) is 31.1 Å². The van der Waals surface area contributed by atoms with E-state index in [1.807, 2.05) is 0 Å². The molecule has 1 unspecified atom stereocenters. The van der Waals surface area contributed by atoms with Crippen LogP contribution in [0.2, 0.25) is 0 Å². The van der Waals surface area contributed by atoms with Crippen LogP contribution in [0.25, 0.3) is 0 Å². The highest BCUT2D eigenvalue weighted by atomic mass is 16.6. The molecule has 0 aliphatic rings. The van der Waals surface area contributed by atoms with Gasteiger partial charge in [0.2, 0.25) is 0 Å². The number of carbonyl (C=O) groups is 3. The summed E-state index contributed by atoms with van der Waals surface area (Å²) in [7, 11) is 0. The Morgan fingerprint density at radius 2 is 0.456 bits per heavy atom. The molecule has 1 atom stereocenters. The monoisotopic (exact) mass is 1110 g/mol. The first kappa shape index (κ1) is 76.1.